The number of hydrogen-bond acceptors (Lipinski definition) is 3. The topological polar surface area (TPSA) is 55.8 Å². The Bertz CT molecular complexity index is 1390. The number of aryl methyl sites for hydroxylation is 1. The lowest BCUT2D eigenvalue weighted by atomic mass is 9.82. The number of hydrogen-bond donors (Lipinski definition) is 1. The van der Waals surface area contributed by atoms with Crippen LogP contribution in [0, 0.1) is 6.92 Å². The van der Waals surface area contributed by atoms with Gasteiger partial charge in [0.1, 0.15) is 11.5 Å². The van der Waals surface area contributed by atoms with E-state index >= 15 is 0 Å². The van der Waals surface area contributed by atoms with E-state index in [1.54, 1.807) is 0 Å². The molecule has 1 N–H and O–H groups in total. The summed E-state index contributed by atoms with van der Waals surface area (Å²) in [6.45, 7) is 3.93. The largest absolute Gasteiger partial charge is 0.490 e. The van der Waals surface area contributed by atoms with Crippen molar-refractivity contribution in [1.82, 2.24) is 0 Å². The minimum absolute atomic E-state index is 0.129. The third kappa shape index (κ3) is 5.64. The Labute approximate surface area is 218 Å². The van der Waals surface area contributed by atoms with E-state index in [9.17, 15) is 4.79 Å². The zero-order chi connectivity index (χ0) is 25.8. The normalized spacial score (nSPS) is 17.6. The smallest absolute Gasteiger partial charge is 0.341 e. The molecule has 0 fully saturated rings. The van der Waals surface area contributed by atoms with Crippen molar-refractivity contribution in [3.8, 4) is 11.5 Å². The first kappa shape index (κ1) is 24.9. The number of carbonyl (C=O) groups is 1. The van der Waals surface area contributed by atoms with Crippen LogP contribution in [0.3, 0.4) is 0 Å². The van der Waals surface area contributed by atoms with Crippen molar-refractivity contribution in [2.45, 2.75) is 57.5 Å². The molecule has 4 aromatic carbocycles. The van der Waals surface area contributed by atoms with Gasteiger partial charge in [-0.05, 0) is 78.1 Å². The highest BCUT2D eigenvalue weighted by Crippen LogP contribution is 2.42. The van der Waals surface area contributed by atoms with Crippen LogP contribution in [0.15, 0.2) is 84.9 Å². The molecule has 4 nitrogen and oxygen atoms in total. The van der Waals surface area contributed by atoms with Crippen LogP contribution in [0.4, 0.5) is 0 Å². The van der Waals surface area contributed by atoms with Gasteiger partial charge in [0.2, 0.25) is 0 Å². The van der Waals surface area contributed by atoms with E-state index in [4.69, 9.17) is 14.6 Å². The molecule has 0 radical (unpaired) electrons. The maximum atomic E-state index is 11.0. The van der Waals surface area contributed by atoms with Crippen molar-refractivity contribution in [3.05, 3.63) is 107 Å². The first-order chi connectivity index (χ1) is 18.0. The summed E-state index contributed by atoms with van der Waals surface area (Å²) < 4.78 is 12.0. The SMILES string of the molecule is Cc1ccc(C2CC(CCC[C@H](C)c3cccc4ccccc34)Oc3ccccc32)cc1OCC(=O)O. The Morgan fingerprint density at radius 3 is 2.68 bits per heavy atom. The zero-order valence-corrected chi connectivity index (χ0v) is 21.5. The molecule has 0 saturated carbocycles. The predicted octanol–water partition coefficient (Wildman–Crippen LogP) is 7.87. The van der Waals surface area contributed by atoms with Crippen LogP contribution in [0.5, 0.6) is 11.5 Å². The van der Waals surface area contributed by atoms with Gasteiger partial charge < -0.3 is 14.6 Å². The molecule has 0 amide bonds. The van der Waals surface area contributed by atoms with E-state index in [0.29, 0.717) is 11.7 Å². The number of para-hydroxylation sites is 1. The Kier molecular flexibility index (Phi) is 7.45. The highest BCUT2D eigenvalue weighted by Gasteiger charge is 2.29. The van der Waals surface area contributed by atoms with Crippen LogP contribution in [0.2, 0.25) is 0 Å². The molecule has 0 bridgehead atoms. The van der Waals surface area contributed by atoms with Crippen molar-refractivity contribution in [1.29, 1.82) is 0 Å². The Hall–Kier alpha value is -3.79. The molecule has 1 aliphatic rings. The fourth-order valence-corrected chi connectivity index (χ4v) is 5.60. The van der Waals surface area contributed by atoms with Crippen molar-refractivity contribution in [3.63, 3.8) is 0 Å². The number of carboxylic acids is 1. The lowest BCUT2D eigenvalue weighted by Gasteiger charge is -2.33. The monoisotopic (exact) mass is 494 g/mol. The van der Waals surface area contributed by atoms with E-state index in [-0.39, 0.29) is 18.6 Å². The minimum Gasteiger partial charge on any atom is -0.490 e. The number of ether oxygens (including phenoxy) is 2. The molecule has 37 heavy (non-hydrogen) atoms. The van der Waals surface area contributed by atoms with Crippen LogP contribution in [0.1, 0.15) is 66.7 Å². The van der Waals surface area contributed by atoms with Gasteiger partial charge >= 0.3 is 5.97 Å². The van der Waals surface area contributed by atoms with Crippen molar-refractivity contribution < 1.29 is 19.4 Å². The van der Waals surface area contributed by atoms with Crippen molar-refractivity contribution in [2.75, 3.05) is 6.61 Å². The van der Waals surface area contributed by atoms with Crippen molar-refractivity contribution >= 4 is 16.7 Å². The van der Waals surface area contributed by atoms with Crippen LogP contribution in [0.25, 0.3) is 10.8 Å². The molecular weight excluding hydrogens is 460 g/mol. The molecule has 0 spiro atoms. The van der Waals surface area contributed by atoms with Gasteiger partial charge in [0, 0.05) is 11.5 Å². The molecule has 1 aliphatic heterocycles. The van der Waals surface area contributed by atoms with Gasteiger partial charge in [-0.15, -0.1) is 0 Å². The minimum atomic E-state index is -0.973. The average molecular weight is 495 g/mol. The van der Waals surface area contributed by atoms with Gasteiger partial charge in [-0.3, -0.25) is 0 Å². The number of carboxylic acid groups (broad SMARTS) is 1. The number of fused-ring (bicyclic) bond motifs is 2. The average Bonchev–Trinajstić information content (AvgIpc) is 2.91. The number of benzene rings is 4. The lowest BCUT2D eigenvalue weighted by molar-refractivity contribution is -0.139. The molecule has 5 rings (SSSR count). The van der Waals surface area contributed by atoms with Crippen LogP contribution < -0.4 is 9.47 Å². The van der Waals surface area contributed by atoms with Gasteiger partial charge in [0.05, 0.1) is 6.10 Å². The molecule has 0 saturated heterocycles. The Balaban J connectivity index is 1.30. The van der Waals surface area contributed by atoms with Gasteiger partial charge in [0.25, 0.3) is 0 Å². The van der Waals surface area contributed by atoms with E-state index in [1.807, 2.05) is 25.1 Å². The maximum Gasteiger partial charge on any atom is 0.341 e. The molecule has 0 aliphatic carbocycles. The maximum absolute atomic E-state index is 11.0. The quantitative estimate of drug-likeness (QED) is 0.257. The van der Waals surface area contributed by atoms with Crippen molar-refractivity contribution in [2.24, 2.45) is 0 Å². The zero-order valence-electron chi connectivity index (χ0n) is 21.5. The molecule has 4 aromatic rings. The first-order valence-electron chi connectivity index (χ1n) is 13.2. The first-order valence-corrected chi connectivity index (χ1v) is 13.2. The third-order valence-corrected chi connectivity index (χ3v) is 7.57. The summed E-state index contributed by atoms with van der Waals surface area (Å²) in [5.74, 6) is 1.25. The lowest BCUT2D eigenvalue weighted by Crippen LogP contribution is -2.26. The highest BCUT2D eigenvalue weighted by atomic mass is 16.5. The highest BCUT2D eigenvalue weighted by molar-refractivity contribution is 5.86. The summed E-state index contributed by atoms with van der Waals surface area (Å²) in [6.07, 6.45) is 4.21. The van der Waals surface area contributed by atoms with Gasteiger partial charge in [0.15, 0.2) is 6.61 Å². The predicted molar refractivity (Wildman–Crippen MR) is 148 cm³/mol. The summed E-state index contributed by atoms with van der Waals surface area (Å²) in [6, 6.07) is 29.7. The fourth-order valence-electron chi connectivity index (χ4n) is 5.60. The molecule has 0 aromatic heterocycles. The summed E-state index contributed by atoms with van der Waals surface area (Å²) >= 11 is 0. The van der Waals surface area contributed by atoms with E-state index < -0.39 is 5.97 Å². The second-order valence-electron chi connectivity index (χ2n) is 10.2. The van der Waals surface area contributed by atoms with Gasteiger partial charge in [-0.1, -0.05) is 79.7 Å². The van der Waals surface area contributed by atoms with Crippen LogP contribution in [-0.4, -0.2) is 23.8 Å². The summed E-state index contributed by atoms with van der Waals surface area (Å²) in [5, 5.41) is 11.7. The molecule has 2 unspecified atom stereocenters. The second-order valence-corrected chi connectivity index (χ2v) is 10.2. The summed E-state index contributed by atoms with van der Waals surface area (Å²) in [7, 11) is 0. The Morgan fingerprint density at radius 2 is 1.81 bits per heavy atom. The van der Waals surface area contributed by atoms with Crippen LogP contribution >= 0.6 is 0 Å². The molecular formula is C33H34O4. The van der Waals surface area contributed by atoms with E-state index in [2.05, 4.69) is 73.7 Å². The van der Waals surface area contributed by atoms with E-state index in [0.717, 1.165) is 42.6 Å². The fraction of sp³-hybridized carbons (Fsp3) is 0.303. The summed E-state index contributed by atoms with van der Waals surface area (Å²) in [5.41, 5.74) is 4.66. The Morgan fingerprint density at radius 1 is 1.03 bits per heavy atom. The second kappa shape index (κ2) is 11.1. The van der Waals surface area contributed by atoms with Crippen LogP contribution in [-0.2, 0) is 4.79 Å². The number of rotatable bonds is 9. The van der Waals surface area contributed by atoms with Gasteiger partial charge in [-0.25, -0.2) is 4.79 Å². The number of aliphatic carboxylic acids is 1. The third-order valence-electron chi connectivity index (χ3n) is 7.57. The standard InChI is InChI=1S/C33H34O4/c1-22(27-15-8-11-24-10-3-4-13-28(24)27)9-7-12-26-20-30(29-14-5-6-16-31(29)37-26)25-18-17-23(2)32(19-25)36-21-33(34)35/h3-6,8,10-11,13-19,22,26,30H,7,9,12,20-21H2,1-2H3,(H,34,35)/t22-,26?,30?/m0/s1. The molecule has 190 valence electrons. The summed E-state index contributed by atoms with van der Waals surface area (Å²) in [4.78, 5) is 11.0. The van der Waals surface area contributed by atoms with Gasteiger partial charge in [-0.2, -0.15) is 0 Å². The molecule has 4 heteroatoms. The van der Waals surface area contributed by atoms with E-state index in [1.165, 1.54) is 21.9 Å². The molecule has 1 heterocycles. The molecule has 3 atom stereocenters.